The Labute approximate surface area is 106 Å². The molecule has 0 amide bonds. The van der Waals surface area contributed by atoms with Crippen molar-refractivity contribution >= 4 is 0 Å². The Morgan fingerprint density at radius 1 is 1.41 bits per heavy atom. The monoisotopic (exact) mass is 237 g/mol. The molecule has 1 N–H and O–H groups in total. The molecular formula is C14H27N3. The molecule has 1 fully saturated rings. The highest BCUT2D eigenvalue weighted by atomic mass is 15.1. The van der Waals surface area contributed by atoms with Crippen molar-refractivity contribution in [3.05, 3.63) is 0 Å². The topological polar surface area (TPSA) is 39.1 Å². The average molecular weight is 237 g/mol. The molecule has 98 valence electrons. The van der Waals surface area contributed by atoms with E-state index in [-0.39, 0.29) is 5.54 Å². The summed E-state index contributed by atoms with van der Waals surface area (Å²) >= 11 is 0. The maximum absolute atomic E-state index is 9.31. The molecule has 17 heavy (non-hydrogen) atoms. The third-order valence-electron chi connectivity index (χ3n) is 3.49. The second kappa shape index (κ2) is 6.37. The van der Waals surface area contributed by atoms with Crippen molar-refractivity contribution in [2.45, 2.75) is 71.0 Å². The van der Waals surface area contributed by atoms with Gasteiger partial charge in [-0.25, -0.2) is 0 Å². The van der Waals surface area contributed by atoms with Crippen LogP contribution in [-0.4, -0.2) is 35.6 Å². The number of hydrogen-bond acceptors (Lipinski definition) is 3. The predicted octanol–water partition coefficient (Wildman–Crippen LogP) is 2.53. The van der Waals surface area contributed by atoms with Crippen molar-refractivity contribution in [3.8, 4) is 6.07 Å². The van der Waals surface area contributed by atoms with Gasteiger partial charge in [-0.05, 0) is 53.0 Å². The lowest BCUT2D eigenvalue weighted by Crippen LogP contribution is -2.46. The summed E-state index contributed by atoms with van der Waals surface area (Å²) in [6.45, 7) is 10.8. The molecular weight excluding hydrogens is 210 g/mol. The van der Waals surface area contributed by atoms with E-state index in [1.54, 1.807) is 0 Å². The quantitative estimate of drug-likeness (QED) is 0.705. The lowest BCUT2D eigenvalue weighted by atomic mass is 9.99. The Hall–Kier alpha value is -0.590. The minimum Gasteiger partial charge on any atom is -0.301 e. The van der Waals surface area contributed by atoms with Crippen LogP contribution in [0.2, 0.25) is 0 Å². The van der Waals surface area contributed by atoms with E-state index in [1.807, 2.05) is 6.92 Å². The zero-order chi connectivity index (χ0) is 12.9. The van der Waals surface area contributed by atoms with Crippen LogP contribution >= 0.6 is 0 Å². The van der Waals surface area contributed by atoms with E-state index in [2.05, 4.69) is 37.1 Å². The molecule has 0 aromatic carbocycles. The molecule has 0 aromatic rings. The lowest BCUT2D eigenvalue weighted by Gasteiger charge is -2.30. The first-order valence-electron chi connectivity index (χ1n) is 6.93. The number of hydrogen-bond donors (Lipinski definition) is 1. The number of nitriles is 1. The zero-order valence-corrected chi connectivity index (χ0v) is 11.8. The van der Waals surface area contributed by atoms with E-state index in [0.29, 0.717) is 12.1 Å². The van der Waals surface area contributed by atoms with E-state index < -0.39 is 0 Å². The summed E-state index contributed by atoms with van der Waals surface area (Å²) in [5.74, 6) is 0. The first kappa shape index (κ1) is 14.5. The van der Waals surface area contributed by atoms with Crippen LogP contribution in [0.5, 0.6) is 0 Å². The molecule has 1 saturated carbocycles. The normalized spacial score (nSPS) is 19.4. The summed E-state index contributed by atoms with van der Waals surface area (Å²) in [5.41, 5.74) is -0.345. The number of nitrogens with zero attached hydrogens (tertiary/aromatic N) is 2. The van der Waals surface area contributed by atoms with Crippen molar-refractivity contribution in [2.75, 3.05) is 13.1 Å². The maximum Gasteiger partial charge on any atom is 0.105 e. The number of nitrogens with one attached hydrogen (secondary N) is 1. The summed E-state index contributed by atoms with van der Waals surface area (Å²) in [6.07, 6.45) is 4.57. The largest absolute Gasteiger partial charge is 0.301 e. The van der Waals surface area contributed by atoms with Gasteiger partial charge < -0.3 is 4.90 Å². The smallest absolute Gasteiger partial charge is 0.105 e. The van der Waals surface area contributed by atoms with Crippen molar-refractivity contribution in [3.63, 3.8) is 0 Å². The van der Waals surface area contributed by atoms with E-state index in [1.165, 1.54) is 19.3 Å². The Balaban J connectivity index is 2.41. The summed E-state index contributed by atoms with van der Waals surface area (Å²) in [4.78, 5) is 2.46. The van der Waals surface area contributed by atoms with Crippen LogP contribution in [-0.2, 0) is 0 Å². The van der Waals surface area contributed by atoms with Crippen LogP contribution < -0.4 is 5.32 Å². The molecule has 1 unspecified atom stereocenters. The fraction of sp³-hybridized carbons (Fsp3) is 0.929. The predicted molar refractivity (Wildman–Crippen MR) is 71.8 cm³/mol. The third kappa shape index (κ3) is 5.06. The fourth-order valence-corrected chi connectivity index (χ4v) is 2.12. The van der Waals surface area contributed by atoms with Gasteiger partial charge in [0.25, 0.3) is 0 Å². The second-order valence-corrected chi connectivity index (χ2v) is 5.74. The SMILES string of the molecule is CCCN(CCC(C)(C#N)NC1CC1)C(C)C. The van der Waals surface area contributed by atoms with Crippen LogP contribution in [0.1, 0.15) is 53.4 Å². The lowest BCUT2D eigenvalue weighted by molar-refractivity contribution is 0.201. The summed E-state index contributed by atoms with van der Waals surface area (Å²) in [5, 5.41) is 12.8. The highest BCUT2D eigenvalue weighted by molar-refractivity contribution is 5.07. The van der Waals surface area contributed by atoms with E-state index in [4.69, 9.17) is 0 Å². The molecule has 0 saturated heterocycles. The van der Waals surface area contributed by atoms with Gasteiger partial charge in [0.15, 0.2) is 0 Å². The van der Waals surface area contributed by atoms with Gasteiger partial charge in [-0.2, -0.15) is 5.26 Å². The number of rotatable bonds is 8. The highest BCUT2D eigenvalue weighted by Crippen LogP contribution is 2.24. The molecule has 0 spiro atoms. The van der Waals surface area contributed by atoms with E-state index >= 15 is 0 Å². The third-order valence-corrected chi connectivity index (χ3v) is 3.49. The van der Waals surface area contributed by atoms with E-state index in [9.17, 15) is 5.26 Å². The summed E-state index contributed by atoms with van der Waals surface area (Å²) < 4.78 is 0. The van der Waals surface area contributed by atoms with E-state index in [0.717, 1.165) is 19.5 Å². The van der Waals surface area contributed by atoms with Crippen molar-refractivity contribution in [1.29, 1.82) is 5.26 Å². The molecule has 0 aliphatic heterocycles. The van der Waals surface area contributed by atoms with Crippen LogP contribution in [0, 0.1) is 11.3 Å². The van der Waals surface area contributed by atoms with Crippen LogP contribution in [0.25, 0.3) is 0 Å². The highest BCUT2D eigenvalue weighted by Gasteiger charge is 2.32. The minimum atomic E-state index is -0.345. The van der Waals surface area contributed by atoms with Gasteiger partial charge in [0.2, 0.25) is 0 Å². The Kier molecular flexibility index (Phi) is 5.42. The summed E-state index contributed by atoms with van der Waals surface area (Å²) in [7, 11) is 0. The minimum absolute atomic E-state index is 0.345. The molecule has 0 heterocycles. The fourth-order valence-electron chi connectivity index (χ4n) is 2.12. The first-order valence-corrected chi connectivity index (χ1v) is 6.93. The van der Waals surface area contributed by atoms with Crippen molar-refractivity contribution in [1.82, 2.24) is 10.2 Å². The van der Waals surface area contributed by atoms with Gasteiger partial charge in [0, 0.05) is 18.6 Å². The molecule has 1 aliphatic carbocycles. The van der Waals surface area contributed by atoms with Crippen LogP contribution in [0.3, 0.4) is 0 Å². The molecule has 0 radical (unpaired) electrons. The average Bonchev–Trinajstić information content (AvgIpc) is 3.07. The molecule has 3 nitrogen and oxygen atoms in total. The van der Waals surface area contributed by atoms with Gasteiger partial charge in [0.05, 0.1) is 6.07 Å². The zero-order valence-electron chi connectivity index (χ0n) is 11.8. The standard InChI is InChI=1S/C14H27N3/c1-5-9-17(12(2)3)10-8-14(4,11-15)16-13-6-7-13/h12-13,16H,5-10H2,1-4H3. The van der Waals surface area contributed by atoms with Crippen LogP contribution in [0.15, 0.2) is 0 Å². The molecule has 1 aliphatic rings. The molecule has 1 atom stereocenters. The maximum atomic E-state index is 9.31. The van der Waals surface area contributed by atoms with Crippen molar-refractivity contribution in [2.24, 2.45) is 0 Å². The van der Waals surface area contributed by atoms with Gasteiger partial charge >= 0.3 is 0 Å². The second-order valence-electron chi connectivity index (χ2n) is 5.74. The van der Waals surface area contributed by atoms with Gasteiger partial charge in [-0.15, -0.1) is 0 Å². The molecule has 1 rings (SSSR count). The molecule has 0 bridgehead atoms. The van der Waals surface area contributed by atoms with Gasteiger partial charge in [-0.1, -0.05) is 6.92 Å². The van der Waals surface area contributed by atoms with Gasteiger partial charge in [0.1, 0.15) is 5.54 Å². The first-order chi connectivity index (χ1) is 8.00. The molecule has 3 heteroatoms. The summed E-state index contributed by atoms with van der Waals surface area (Å²) in [6, 6.07) is 3.61. The molecule has 0 aromatic heterocycles. The van der Waals surface area contributed by atoms with Gasteiger partial charge in [-0.3, -0.25) is 5.32 Å². The van der Waals surface area contributed by atoms with Crippen LogP contribution in [0.4, 0.5) is 0 Å². The Morgan fingerprint density at radius 2 is 2.06 bits per heavy atom. The Morgan fingerprint density at radius 3 is 2.47 bits per heavy atom. The van der Waals surface area contributed by atoms with Crippen molar-refractivity contribution < 1.29 is 0 Å². The Bertz CT molecular complexity index is 265.